The molecule has 0 saturated heterocycles. The third-order valence-electron chi connectivity index (χ3n) is 6.94. The molecule has 0 spiro atoms. The predicted octanol–water partition coefficient (Wildman–Crippen LogP) is 4.73. The Morgan fingerprint density at radius 1 is 1.00 bits per heavy atom. The van der Waals surface area contributed by atoms with E-state index in [2.05, 4.69) is 13.8 Å². The van der Waals surface area contributed by atoms with E-state index in [9.17, 15) is 9.90 Å². The molecule has 4 saturated carbocycles. The summed E-state index contributed by atoms with van der Waals surface area (Å²) in [6, 6.07) is 0. The lowest BCUT2D eigenvalue weighted by atomic mass is 9.42. The van der Waals surface area contributed by atoms with E-state index in [1.807, 2.05) is 13.8 Å². The largest absolute Gasteiger partial charge is 0.481 e. The van der Waals surface area contributed by atoms with Crippen LogP contribution in [-0.4, -0.2) is 11.1 Å². The molecule has 0 aromatic carbocycles. The van der Waals surface area contributed by atoms with Gasteiger partial charge in [-0.05, 0) is 87.4 Å². The van der Waals surface area contributed by atoms with Crippen LogP contribution in [0.1, 0.15) is 72.6 Å². The summed E-state index contributed by atoms with van der Waals surface area (Å²) in [7, 11) is 0. The molecule has 1 N–H and O–H groups in total. The van der Waals surface area contributed by atoms with Gasteiger partial charge in [-0.25, -0.2) is 0 Å². The Hall–Kier alpha value is -0.530. The molecule has 4 aliphatic carbocycles. The van der Waals surface area contributed by atoms with Crippen LogP contribution in [0.3, 0.4) is 0 Å². The maximum absolute atomic E-state index is 11.5. The molecular weight excluding hydrogens is 248 g/mol. The summed E-state index contributed by atoms with van der Waals surface area (Å²) in [4.78, 5) is 11.5. The summed E-state index contributed by atoms with van der Waals surface area (Å²) < 4.78 is 0. The van der Waals surface area contributed by atoms with E-state index in [0.29, 0.717) is 5.41 Å². The lowest BCUT2D eigenvalue weighted by Gasteiger charge is -2.63. The highest BCUT2D eigenvalue weighted by molar-refractivity contribution is 5.73. The summed E-state index contributed by atoms with van der Waals surface area (Å²) in [6.07, 6.45) is 9.26. The van der Waals surface area contributed by atoms with E-state index in [-0.39, 0.29) is 5.41 Å². The van der Waals surface area contributed by atoms with Crippen LogP contribution in [0.2, 0.25) is 0 Å². The Bertz CT molecular complexity index is 384. The van der Waals surface area contributed by atoms with Crippen LogP contribution in [0, 0.1) is 34.0 Å². The molecule has 0 heterocycles. The van der Waals surface area contributed by atoms with Crippen LogP contribution >= 0.6 is 0 Å². The van der Waals surface area contributed by atoms with E-state index >= 15 is 0 Å². The first-order valence-electron chi connectivity index (χ1n) is 8.37. The molecule has 4 fully saturated rings. The zero-order valence-electron chi connectivity index (χ0n) is 13.5. The van der Waals surface area contributed by atoms with Crippen LogP contribution < -0.4 is 0 Å². The van der Waals surface area contributed by atoms with Crippen molar-refractivity contribution >= 4 is 5.97 Å². The lowest BCUT2D eigenvalue weighted by Crippen LogP contribution is -2.54. The fraction of sp³-hybridized carbons (Fsp3) is 0.944. The van der Waals surface area contributed by atoms with Gasteiger partial charge in [0.2, 0.25) is 0 Å². The fourth-order valence-electron chi connectivity index (χ4n) is 6.31. The average molecular weight is 278 g/mol. The van der Waals surface area contributed by atoms with Gasteiger partial charge in [0, 0.05) is 0 Å². The normalized spacial score (nSPS) is 40.1. The number of hydrogen-bond acceptors (Lipinski definition) is 1. The second-order valence-corrected chi connectivity index (χ2v) is 9.45. The van der Waals surface area contributed by atoms with Crippen molar-refractivity contribution in [3.8, 4) is 0 Å². The number of carboxylic acids is 1. The van der Waals surface area contributed by atoms with Gasteiger partial charge in [-0.2, -0.15) is 0 Å². The van der Waals surface area contributed by atoms with Crippen molar-refractivity contribution in [2.75, 3.05) is 0 Å². The second kappa shape index (κ2) is 4.24. The highest BCUT2D eigenvalue weighted by Crippen LogP contribution is 2.67. The van der Waals surface area contributed by atoms with E-state index in [0.717, 1.165) is 24.2 Å². The van der Waals surface area contributed by atoms with Gasteiger partial charge in [0.25, 0.3) is 0 Å². The van der Waals surface area contributed by atoms with Gasteiger partial charge in [-0.15, -0.1) is 0 Å². The van der Waals surface area contributed by atoms with Crippen LogP contribution in [-0.2, 0) is 4.79 Å². The highest BCUT2D eigenvalue weighted by Gasteiger charge is 2.58. The van der Waals surface area contributed by atoms with E-state index in [1.165, 1.54) is 38.5 Å². The summed E-state index contributed by atoms with van der Waals surface area (Å²) in [5, 5.41) is 9.49. The van der Waals surface area contributed by atoms with Gasteiger partial charge in [-0.1, -0.05) is 13.8 Å². The summed E-state index contributed by atoms with van der Waals surface area (Å²) >= 11 is 0. The van der Waals surface area contributed by atoms with Gasteiger partial charge in [0.1, 0.15) is 0 Å². The summed E-state index contributed by atoms with van der Waals surface area (Å²) in [6.45, 7) is 8.50. The minimum atomic E-state index is -0.643. The van der Waals surface area contributed by atoms with Crippen molar-refractivity contribution in [3.05, 3.63) is 0 Å². The topological polar surface area (TPSA) is 37.3 Å². The molecule has 114 valence electrons. The summed E-state index contributed by atoms with van der Waals surface area (Å²) in [5.74, 6) is 2.17. The standard InChI is InChI=1S/C18H30O2/c1-16(2,15(19)20)11-17(3,4)18-8-12-5-13(9-18)7-14(6-12)10-18/h12-14H,5-11H2,1-4H3,(H,19,20). The van der Waals surface area contributed by atoms with Gasteiger partial charge in [-0.3, -0.25) is 4.79 Å². The number of hydrogen-bond donors (Lipinski definition) is 1. The van der Waals surface area contributed by atoms with Crippen molar-refractivity contribution in [2.24, 2.45) is 34.0 Å². The zero-order valence-corrected chi connectivity index (χ0v) is 13.5. The molecule has 0 radical (unpaired) electrons. The third-order valence-corrected chi connectivity index (χ3v) is 6.94. The zero-order chi connectivity index (χ0) is 14.8. The van der Waals surface area contributed by atoms with Crippen molar-refractivity contribution in [2.45, 2.75) is 72.6 Å². The molecule has 0 aromatic heterocycles. The van der Waals surface area contributed by atoms with Crippen molar-refractivity contribution < 1.29 is 9.90 Å². The molecule has 0 aromatic rings. The molecule has 0 amide bonds. The molecule has 4 aliphatic rings. The van der Waals surface area contributed by atoms with E-state index in [4.69, 9.17) is 0 Å². The maximum atomic E-state index is 11.5. The quantitative estimate of drug-likeness (QED) is 0.807. The molecular formula is C18H30O2. The third kappa shape index (κ3) is 2.10. The van der Waals surface area contributed by atoms with Gasteiger partial charge in [0.05, 0.1) is 5.41 Å². The number of carboxylic acid groups (broad SMARTS) is 1. The Kier molecular flexibility index (Phi) is 3.05. The van der Waals surface area contributed by atoms with Gasteiger partial charge >= 0.3 is 5.97 Å². The summed E-state index contributed by atoms with van der Waals surface area (Å²) in [5.41, 5.74) is -0.0355. The van der Waals surface area contributed by atoms with Crippen LogP contribution in [0.5, 0.6) is 0 Å². The Balaban J connectivity index is 1.85. The Morgan fingerprint density at radius 3 is 1.75 bits per heavy atom. The Morgan fingerprint density at radius 2 is 1.40 bits per heavy atom. The molecule has 2 heteroatoms. The van der Waals surface area contributed by atoms with Gasteiger partial charge in [0.15, 0.2) is 0 Å². The van der Waals surface area contributed by atoms with E-state index < -0.39 is 11.4 Å². The molecule has 0 atom stereocenters. The Labute approximate surface area is 123 Å². The van der Waals surface area contributed by atoms with E-state index in [1.54, 1.807) is 0 Å². The minimum Gasteiger partial charge on any atom is -0.481 e. The van der Waals surface area contributed by atoms with Crippen LogP contribution in [0.25, 0.3) is 0 Å². The molecule has 4 bridgehead atoms. The average Bonchev–Trinajstić information content (AvgIpc) is 2.24. The predicted molar refractivity (Wildman–Crippen MR) is 80.4 cm³/mol. The fourth-order valence-corrected chi connectivity index (χ4v) is 6.31. The van der Waals surface area contributed by atoms with Crippen LogP contribution in [0.4, 0.5) is 0 Å². The number of aliphatic carboxylic acids is 1. The first kappa shape index (κ1) is 14.4. The minimum absolute atomic E-state index is 0.144. The smallest absolute Gasteiger partial charge is 0.309 e. The molecule has 2 nitrogen and oxygen atoms in total. The maximum Gasteiger partial charge on any atom is 0.309 e. The van der Waals surface area contributed by atoms with Crippen molar-refractivity contribution in [3.63, 3.8) is 0 Å². The van der Waals surface area contributed by atoms with Crippen molar-refractivity contribution in [1.82, 2.24) is 0 Å². The SMILES string of the molecule is CC(C)(CC(C)(C)C12CC3CC(CC(C3)C1)C2)C(=O)O. The van der Waals surface area contributed by atoms with Crippen LogP contribution in [0.15, 0.2) is 0 Å². The molecule has 20 heavy (non-hydrogen) atoms. The second-order valence-electron chi connectivity index (χ2n) is 9.45. The number of rotatable bonds is 4. The molecule has 0 unspecified atom stereocenters. The first-order chi connectivity index (χ1) is 9.14. The molecule has 0 aliphatic heterocycles. The monoisotopic (exact) mass is 278 g/mol. The first-order valence-corrected chi connectivity index (χ1v) is 8.37. The molecule has 4 rings (SSSR count). The van der Waals surface area contributed by atoms with Crippen molar-refractivity contribution in [1.29, 1.82) is 0 Å². The van der Waals surface area contributed by atoms with Gasteiger partial charge < -0.3 is 5.11 Å². The number of carbonyl (C=O) groups is 1. The lowest BCUT2D eigenvalue weighted by molar-refractivity contribution is -0.157. The highest BCUT2D eigenvalue weighted by atomic mass is 16.4.